The summed E-state index contributed by atoms with van der Waals surface area (Å²) in [4.78, 5) is 16.4. The molecule has 1 amide bonds. The van der Waals surface area contributed by atoms with Crippen LogP contribution in [0.2, 0.25) is 0 Å². The molecular weight excluding hydrogens is 386 g/mol. The highest BCUT2D eigenvalue weighted by atomic mass is 32.1. The third-order valence-corrected chi connectivity index (χ3v) is 4.76. The predicted molar refractivity (Wildman–Crippen MR) is 104 cm³/mol. The summed E-state index contributed by atoms with van der Waals surface area (Å²) in [6.07, 6.45) is 0.704. The molecule has 5 nitrogen and oxygen atoms in total. The van der Waals surface area contributed by atoms with Crippen LogP contribution in [0.25, 0.3) is 11.3 Å². The van der Waals surface area contributed by atoms with E-state index in [4.69, 9.17) is 9.47 Å². The van der Waals surface area contributed by atoms with Crippen LogP contribution in [0.4, 0.5) is 13.9 Å². The van der Waals surface area contributed by atoms with Gasteiger partial charge in [-0.3, -0.25) is 4.79 Å². The average Bonchev–Trinajstić information content (AvgIpc) is 3.16. The van der Waals surface area contributed by atoms with Gasteiger partial charge in [0.05, 0.1) is 19.9 Å². The minimum Gasteiger partial charge on any atom is -0.497 e. The third kappa shape index (κ3) is 4.83. The number of halogens is 2. The summed E-state index contributed by atoms with van der Waals surface area (Å²) < 4.78 is 37.6. The van der Waals surface area contributed by atoms with Crippen molar-refractivity contribution in [2.45, 2.75) is 12.8 Å². The van der Waals surface area contributed by atoms with Crippen LogP contribution in [0.5, 0.6) is 11.5 Å². The number of thiazole rings is 1. The van der Waals surface area contributed by atoms with Gasteiger partial charge < -0.3 is 14.8 Å². The number of hydrogen-bond acceptors (Lipinski definition) is 5. The fourth-order valence-electron chi connectivity index (χ4n) is 2.60. The molecule has 0 aliphatic rings. The maximum absolute atomic E-state index is 13.8. The Morgan fingerprint density at radius 1 is 1.11 bits per heavy atom. The lowest BCUT2D eigenvalue weighted by Gasteiger charge is -2.08. The fraction of sp³-hybridized carbons (Fsp3) is 0.200. The Kier molecular flexibility index (Phi) is 6.20. The quantitative estimate of drug-likeness (QED) is 0.621. The van der Waals surface area contributed by atoms with Crippen LogP contribution in [0.3, 0.4) is 0 Å². The number of ether oxygens (including phenoxy) is 2. The lowest BCUT2D eigenvalue weighted by atomic mass is 10.1. The van der Waals surface area contributed by atoms with Crippen molar-refractivity contribution in [2.75, 3.05) is 19.5 Å². The Hall–Kier alpha value is -3.00. The van der Waals surface area contributed by atoms with Crippen LogP contribution in [0.1, 0.15) is 12.0 Å². The predicted octanol–water partition coefficient (Wildman–Crippen LogP) is 4.68. The Morgan fingerprint density at radius 2 is 1.82 bits per heavy atom. The van der Waals surface area contributed by atoms with Crippen molar-refractivity contribution in [1.29, 1.82) is 0 Å². The van der Waals surface area contributed by atoms with E-state index in [0.29, 0.717) is 23.1 Å². The van der Waals surface area contributed by atoms with Crippen LogP contribution < -0.4 is 14.8 Å². The molecule has 0 aliphatic heterocycles. The lowest BCUT2D eigenvalue weighted by Crippen LogP contribution is -2.12. The molecule has 0 saturated heterocycles. The number of aromatic nitrogens is 1. The van der Waals surface area contributed by atoms with Crippen LogP contribution in [0, 0.1) is 11.6 Å². The second kappa shape index (κ2) is 8.79. The maximum Gasteiger partial charge on any atom is 0.226 e. The molecule has 0 saturated carbocycles. The first-order valence-corrected chi connectivity index (χ1v) is 9.29. The number of amides is 1. The van der Waals surface area contributed by atoms with Crippen molar-refractivity contribution < 1.29 is 23.0 Å². The number of carbonyl (C=O) groups excluding carboxylic acids is 1. The highest BCUT2D eigenvalue weighted by Gasteiger charge is 2.13. The van der Waals surface area contributed by atoms with Gasteiger partial charge >= 0.3 is 0 Å². The Morgan fingerprint density at radius 3 is 2.50 bits per heavy atom. The van der Waals surface area contributed by atoms with Gasteiger partial charge in [0.1, 0.15) is 23.1 Å². The van der Waals surface area contributed by atoms with Crippen molar-refractivity contribution in [1.82, 2.24) is 4.98 Å². The summed E-state index contributed by atoms with van der Waals surface area (Å²) in [5.41, 5.74) is 1.23. The van der Waals surface area contributed by atoms with Gasteiger partial charge in [0.25, 0.3) is 0 Å². The number of nitrogens with zero attached hydrogens (tertiary/aromatic N) is 1. The molecule has 0 unspecified atom stereocenters. The zero-order valence-corrected chi connectivity index (χ0v) is 16.1. The van der Waals surface area contributed by atoms with E-state index in [2.05, 4.69) is 10.3 Å². The summed E-state index contributed by atoms with van der Waals surface area (Å²) in [6, 6.07) is 8.60. The first-order valence-electron chi connectivity index (χ1n) is 8.41. The van der Waals surface area contributed by atoms with Crippen molar-refractivity contribution in [3.8, 4) is 22.8 Å². The van der Waals surface area contributed by atoms with E-state index in [1.54, 1.807) is 25.7 Å². The van der Waals surface area contributed by atoms with Crippen LogP contribution in [-0.4, -0.2) is 25.1 Å². The molecule has 0 atom stereocenters. The highest BCUT2D eigenvalue weighted by molar-refractivity contribution is 7.14. The monoisotopic (exact) mass is 404 g/mol. The second-order valence-electron chi connectivity index (χ2n) is 5.93. The molecule has 0 bridgehead atoms. The minimum atomic E-state index is -0.573. The molecule has 3 rings (SSSR count). The summed E-state index contributed by atoms with van der Waals surface area (Å²) in [5.74, 6) is -0.0597. The molecule has 28 heavy (non-hydrogen) atoms. The van der Waals surface area contributed by atoms with Crippen molar-refractivity contribution in [3.05, 3.63) is 59.0 Å². The Labute approximate surface area is 164 Å². The Bertz CT molecular complexity index is 969. The van der Waals surface area contributed by atoms with E-state index < -0.39 is 11.6 Å². The van der Waals surface area contributed by atoms with E-state index in [1.807, 2.05) is 12.1 Å². The number of benzene rings is 2. The van der Waals surface area contributed by atoms with Crippen LogP contribution in [0.15, 0.2) is 41.8 Å². The van der Waals surface area contributed by atoms with Gasteiger partial charge in [-0.1, -0.05) is 0 Å². The Balaban J connectivity index is 1.63. The second-order valence-corrected chi connectivity index (χ2v) is 6.79. The molecule has 3 aromatic rings. The van der Waals surface area contributed by atoms with E-state index >= 15 is 0 Å². The molecule has 8 heteroatoms. The summed E-state index contributed by atoms with van der Waals surface area (Å²) in [5, 5.41) is 4.58. The first-order chi connectivity index (χ1) is 13.5. The maximum atomic E-state index is 13.8. The van der Waals surface area contributed by atoms with Crippen LogP contribution in [-0.2, 0) is 11.2 Å². The van der Waals surface area contributed by atoms with Crippen molar-refractivity contribution in [2.24, 2.45) is 0 Å². The largest absolute Gasteiger partial charge is 0.497 e. The van der Waals surface area contributed by atoms with Crippen molar-refractivity contribution >= 4 is 22.4 Å². The van der Waals surface area contributed by atoms with Gasteiger partial charge in [0.2, 0.25) is 5.91 Å². The summed E-state index contributed by atoms with van der Waals surface area (Å²) >= 11 is 1.15. The van der Waals surface area contributed by atoms with E-state index in [-0.39, 0.29) is 23.6 Å². The average molecular weight is 404 g/mol. The first kappa shape index (κ1) is 19.8. The van der Waals surface area contributed by atoms with Gasteiger partial charge in [-0.15, -0.1) is 11.3 Å². The summed E-state index contributed by atoms with van der Waals surface area (Å²) in [7, 11) is 3.12. The molecular formula is C20H18F2N2O3S. The molecule has 0 radical (unpaired) electrons. The van der Waals surface area contributed by atoms with E-state index in [0.717, 1.165) is 35.1 Å². The van der Waals surface area contributed by atoms with E-state index in [9.17, 15) is 13.6 Å². The van der Waals surface area contributed by atoms with Gasteiger partial charge in [-0.2, -0.15) is 0 Å². The zero-order valence-electron chi connectivity index (χ0n) is 15.3. The molecule has 1 heterocycles. The van der Waals surface area contributed by atoms with Gasteiger partial charge in [0, 0.05) is 23.4 Å². The number of methoxy groups -OCH3 is 2. The summed E-state index contributed by atoms with van der Waals surface area (Å²) in [6.45, 7) is 0. The lowest BCUT2D eigenvalue weighted by molar-refractivity contribution is -0.116. The highest BCUT2D eigenvalue weighted by Crippen LogP contribution is 2.28. The number of aryl methyl sites for hydroxylation is 1. The molecule has 0 spiro atoms. The zero-order chi connectivity index (χ0) is 20.1. The van der Waals surface area contributed by atoms with Crippen LogP contribution >= 0.6 is 11.3 Å². The van der Waals surface area contributed by atoms with Crippen molar-refractivity contribution in [3.63, 3.8) is 0 Å². The van der Waals surface area contributed by atoms with E-state index in [1.165, 1.54) is 0 Å². The standard InChI is InChI=1S/C20H18F2N2O3S/c1-26-14-7-12(8-15(10-14)27-2)3-6-19(25)24-20-23-18(11-28-20)16-9-13(21)4-5-17(16)22/h4-5,7-11H,3,6H2,1-2H3,(H,23,24,25). The fourth-order valence-corrected chi connectivity index (χ4v) is 3.33. The SMILES string of the molecule is COc1cc(CCC(=O)Nc2nc(-c3cc(F)ccc3F)cs2)cc(OC)c1. The topological polar surface area (TPSA) is 60.5 Å². The van der Waals surface area contributed by atoms with Gasteiger partial charge in [-0.05, 0) is 42.3 Å². The van der Waals surface area contributed by atoms with Gasteiger partial charge in [0.15, 0.2) is 5.13 Å². The van der Waals surface area contributed by atoms with Gasteiger partial charge in [-0.25, -0.2) is 13.8 Å². The molecule has 0 fully saturated rings. The number of rotatable bonds is 7. The molecule has 2 aromatic carbocycles. The number of anilines is 1. The molecule has 1 aromatic heterocycles. The normalized spacial score (nSPS) is 10.6. The third-order valence-electron chi connectivity index (χ3n) is 4.01. The number of carbonyl (C=O) groups is 1. The minimum absolute atomic E-state index is 0.0558. The molecule has 146 valence electrons. The smallest absolute Gasteiger partial charge is 0.226 e. The molecule has 1 N–H and O–H groups in total. The molecule has 0 aliphatic carbocycles. The number of hydrogen-bond donors (Lipinski definition) is 1. The number of nitrogens with one attached hydrogen (secondary N) is 1.